The van der Waals surface area contributed by atoms with E-state index < -0.39 is 5.97 Å². The second-order valence-electron chi connectivity index (χ2n) is 4.98. The molecule has 6 heteroatoms. The summed E-state index contributed by atoms with van der Waals surface area (Å²) in [4.78, 5) is 18.7. The fourth-order valence-electron chi connectivity index (χ4n) is 2.35. The van der Waals surface area contributed by atoms with Crippen molar-refractivity contribution in [3.63, 3.8) is 0 Å². The van der Waals surface area contributed by atoms with Crippen molar-refractivity contribution in [2.75, 3.05) is 13.7 Å². The number of nitrogens with one attached hydrogen (secondary N) is 1. The largest absolute Gasteiger partial charge is 0.496 e. The van der Waals surface area contributed by atoms with Gasteiger partial charge in [0.05, 0.1) is 29.3 Å². The molecule has 0 bridgehead atoms. The summed E-state index contributed by atoms with van der Waals surface area (Å²) in [7, 11) is 1.55. The normalized spacial score (nSPS) is 10.3. The van der Waals surface area contributed by atoms with Crippen LogP contribution in [0, 0.1) is 12.3 Å². The number of methoxy groups -OCH3 is 1. The first-order valence-corrected chi connectivity index (χ1v) is 7.10. The van der Waals surface area contributed by atoms with Crippen molar-refractivity contribution in [2.24, 2.45) is 0 Å². The summed E-state index contributed by atoms with van der Waals surface area (Å²) in [5.41, 5.74) is 2.24. The predicted molar refractivity (Wildman–Crippen MR) is 89.4 cm³/mol. The van der Waals surface area contributed by atoms with Crippen LogP contribution in [0.4, 0.5) is 0 Å². The first kappa shape index (κ1) is 15.4. The van der Waals surface area contributed by atoms with Crippen molar-refractivity contribution in [3.8, 4) is 35.2 Å². The van der Waals surface area contributed by atoms with Gasteiger partial charge in [-0.25, -0.2) is 9.78 Å². The average molecular weight is 322 g/mol. The number of hydrogen-bond acceptors (Lipinski definition) is 4. The van der Waals surface area contributed by atoms with E-state index in [0.717, 1.165) is 5.56 Å². The zero-order chi connectivity index (χ0) is 17.1. The number of carboxylic acid groups (broad SMARTS) is 1. The minimum Gasteiger partial charge on any atom is -0.496 e. The highest BCUT2D eigenvalue weighted by Crippen LogP contribution is 2.33. The van der Waals surface area contributed by atoms with Gasteiger partial charge in [-0.05, 0) is 30.3 Å². The first-order valence-electron chi connectivity index (χ1n) is 7.10. The number of nitrogens with zero attached hydrogens (tertiary/aromatic N) is 1. The summed E-state index contributed by atoms with van der Waals surface area (Å²) in [5, 5.41) is 9.07. The molecule has 0 aliphatic carbocycles. The number of ether oxygens (including phenoxy) is 2. The van der Waals surface area contributed by atoms with Crippen molar-refractivity contribution >= 4 is 17.0 Å². The number of aromatic carboxylic acids is 1. The molecule has 0 amide bonds. The second-order valence-corrected chi connectivity index (χ2v) is 4.98. The van der Waals surface area contributed by atoms with Gasteiger partial charge in [-0.3, -0.25) is 0 Å². The van der Waals surface area contributed by atoms with Gasteiger partial charge in [-0.1, -0.05) is 5.92 Å². The van der Waals surface area contributed by atoms with E-state index in [4.69, 9.17) is 21.0 Å². The highest BCUT2D eigenvalue weighted by molar-refractivity contribution is 5.93. The van der Waals surface area contributed by atoms with Gasteiger partial charge in [0.25, 0.3) is 0 Å². The fourth-order valence-corrected chi connectivity index (χ4v) is 2.35. The lowest BCUT2D eigenvalue weighted by Gasteiger charge is -2.09. The number of H-pyrrole nitrogens is 1. The molecule has 0 saturated heterocycles. The molecule has 0 spiro atoms. The molecule has 0 aliphatic rings. The molecule has 120 valence electrons. The first-order chi connectivity index (χ1) is 11.6. The summed E-state index contributed by atoms with van der Waals surface area (Å²) < 4.78 is 10.8. The Morgan fingerprint density at radius 2 is 2.17 bits per heavy atom. The van der Waals surface area contributed by atoms with Gasteiger partial charge in [-0.2, -0.15) is 0 Å². The molecule has 1 aromatic heterocycles. The van der Waals surface area contributed by atoms with Gasteiger partial charge >= 0.3 is 5.97 Å². The molecule has 24 heavy (non-hydrogen) atoms. The Balaban J connectivity index is 2.03. The van der Waals surface area contributed by atoms with Crippen molar-refractivity contribution < 1.29 is 19.4 Å². The van der Waals surface area contributed by atoms with Gasteiger partial charge in [-0.15, -0.1) is 6.42 Å². The number of aromatic nitrogens is 2. The van der Waals surface area contributed by atoms with E-state index in [0.29, 0.717) is 28.4 Å². The molecule has 0 atom stereocenters. The molecule has 0 saturated carbocycles. The maximum atomic E-state index is 11.1. The van der Waals surface area contributed by atoms with E-state index in [-0.39, 0.29) is 12.2 Å². The van der Waals surface area contributed by atoms with E-state index in [1.165, 1.54) is 6.07 Å². The summed E-state index contributed by atoms with van der Waals surface area (Å²) in [6.45, 7) is 0.172. The highest BCUT2D eigenvalue weighted by atomic mass is 16.5. The van der Waals surface area contributed by atoms with E-state index in [1.807, 2.05) is 0 Å². The Kier molecular flexibility index (Phi) is 4.08. The number of carbonyl (C=O) groups is 1. The van der Waals surface area contributed by atoms with Crippen molar-refractivity contribution in [1.82, 2.24) is 9.97 Å². The van der Waals surface area contributed by atoms with E-state index >= 15 is 0 Å². The average Bonchev–Trinajstić information content (AvgIpc) is 3.02. The van der Waals surface area contributed by atoms with Crippen LogP contribution in [0.3, 0.4) is 0 Å². The van der Waals surface area contributed by atoms with Crippen LogP contribution < -0.4 is 9.47 Å². The maximum absolute atomic E-state index is 11.1. The Hall–Kier alpha value is -3.46. The van der Waals surface area contributed by atoms with Crippen LogP contribution >= 0.6 is 0 Å². The Morgan fingerprint density at radius 3 is 2.88 bits per heavy atom. The predicted octanol–water partition coefficient (Wildman–Crippen LogP) is 2.95. The van der Waals surface area contributed by atoms with Crippen LogP contribution in [0.5, 0.6) is 11.5 Å². The number of carboxylic acids is 1. The lowest BCUT2D eigenvalue weighted by molar-refractivity contribution is 0.0697. The maximum Gasteiger partial charge on any atom is 0.335 e. The number of rotatable bonds is 5. The summed E-state index contributed by atoms with van der Waals surface area (Å²) in [5.74, 6) is 3.16. The summed E-state index contributed by atoms with van der Waals surface area (Å²) >= 11 is 0. The molecule has 0 aliphatic heterocycles. The molecule has 1 heterocycles. The molecule has 0 unspecified atom stereocenters. The molecule has 6 nitrogen and oxygen atoms in total. The zero-order valence-electron chi connectivity index (χ0n) is 12.9. The van der Waals surface area contributed by atoms with Gasteiger partial charge in [0.2, 0.25) is 0 Å². The van der Waals surface area contributed by atoms with E-state index in [9.17, 15) is 4.79 Å². The highest BCUT2D eigenvalue weighted by Gasteiger charge is 2.13. The molecular formula is C18H14N2O4. The van der Waals surface area contributed by atoms with Crippen LogP contribution in [-0.4, -0.2) is 34.8 Å². The second kappa shape index (κ2) is 6.34. The van der Waals surface area contributed by atoms with E-state index in [1.54, 1.807) is 37.4 Å². The number of benzene rings is 2. The zero-order valence-corrected chi connectivity index (χ0v) is 12.9. The summed E-state index contributed by atoms with van der Waals surface area (Å²) in [6, 6.07) is 10.0. The third kappa shape index (κ3) is 2.88. The molecule has 2 N–H and O–H groups in total. The van der Waals surface area contributed by atoms with Crippen molar-refractivity contribution in [1.29, 1.82) is 0 Å². The van der Waals surface area contributed by atoms with Crippen molar-refractivity contribution in [3.05, 3.63) is 42.0 Å². The smallest absolute Gasteiger partial charge is 0.335 e. The number of fused-ring (bicyclic) bond motifs is 1. The topological polar surface area (TPSA) is 84.4 Å². The monoisotopic (exact) mass is 322 g/mol. The molecular weight excluding hydrogens is 308 g/mol. The minimum absolute atomic E-state index is 0.172. The van der Waals surface area contributed by atoms with Gasteiger partial charge < -0.3 is 19.6 Å². The standard InChI is InChI=1S/C18H14N2O4/c1-3-8-24-12-5-6-13(16(10-12)23-2)17-19-14-7-4-11(18(21)22)9-15(14)20-17/h1,4-7,9-10H,8H2,2H3,(H,19,20)(H,21,22). The molecule has 3 rings (SSSR count). The third-order valence-electron chi connectivity index (χ3n) is 3.48. The lowest BCUT2D eigenvalue weighted by Crippen LogP contribution is -1.95. The number of hydrogen-bond donors (Lipinski definition) is 2. The quantitative estimate of drug-likeness (QED) is 0.706. The van der Waals surface area contributed by atoms with Gasteiger partial charge in [0.1, 0.15) is 23.9 Å². The van der Waals surface area contributed by atoms with Gasteiger partial charge in [0, 0.05) is 6.07 Å². The third-order valence-corrected chi connectivity index (χ3v) is 3.48. The summed E-state index contributed by atoms with van der Waals surface area (Å²) in [6.07, 6.45) is 5.18. The minimum atomic E-state index is -0.986. The molecule has 0 radical (unpaired) electrons. The van der Waals surface area contributed by atoms with Crippen LogP contribution in [0.15, 0.2) is 36.4 Å². The van der Waals surface area contributed by atoms with Crippen LogP contribution in [-0.2, 0) is 0 Å². The fraction of sp³-hybridized carbons (Fsp3) is 0.111. The van der Waals surface area contributed by atoms with Gasteiger partial charge in [0.15, 0.2) is 0 Å². The molecule has 2 aromatic carbocycles. The Morgan fingerprint density at radius 1 is 1.33 bits per heavy atom. The van der Waals surface area contributed by atoms with E-state index in [2.05, 4.69) is 15.9 Å². The number of imidazole rings is 1. The Labute approximate surface area is 138 Å². The lowest BCUT2D eigenvalue weighted by atomic mass is 10.2. The van der Waals surface area contributed by atoms with Crippen LogP contribution in [0.25, 0.3) is 22.4 Å². The van der Waals surface area contributed by atoms with Crippen LogP contribution in [0.1, 0.15) is 10.4 Å². The number of terminal acetylenes is 1. The molecule has 0 fully saturated rings. The Bertz CT molecular complexity index is 953. The molecule has 3 aromatic rings. The number of aromatic amines is 1. The van der Waals surface area contributed by atoms with Crippen molar-refractivity contribution in [2.45, 2.75) is 0 Å². The van der Waals surface area contributed by atoms with Crippen LogP contribution in [0.2, 0.25) is 0 Å². The SMILES string of the molecule is C#CCOc1ccc(-c2nc3ccc(C(=O)O)cc3[nH]2)c(OC)c1.